The Morgan fingerprint density at radius 2 is 0.920 bits per heavy atom. The molecule has 0 aliphatic carbocycles. The van der Waals surface area contributed by atoms with Gasteiger partial charge in [0.15, 0.2) is 0 Å². The van der Waals surface area contributed by atoms with Gasteiger partial charge in [0.1, 0.15) is 0 Å². The van der Waals surface area contributed by atoms with Crippen LogP contribution in [0.5, 0.6) is 0 Å². The highest BCUT2D eigenvalue weighted by molar-refractivity contribution is 8.49. The van der Waals surface area contributed by atoms with E-state index in [2.05, 4.69) is 0 Å². The lowest BCUT2D eigenvalue weighted by atomic mass is 10.2. The summed E-state index contributed by atoms with van der Waals surface area (Å²) in [6, 6.07) is 11.8. The van der Waals surface area contributed by atoms with Gasteiger partial charge in [0, 0.05) is 14.2 Å². The minimum atomic E-state index is -4.77. The lowest BCUT2D eigenvalue weighted by molar-refractivity contribution is 0.283. The molecule has 0 bridgehead atoms. The molecule has 0 saturated heterocycles. The molecule has 0 aliphatic heterocycles. The summed E-state index contributed by atoms with van der Waals surface area (Å²) in [7, 11) is -6.68. The molecule has 0 amide bonds. The highest BCUT2D eigenvalue weighted by Crippen LogP contribution is 2.33. The van der Waals surface area contributed by atoms with Crippen LogP contribution in [0.15, 0.2) is 58.3 Å². The maximum atomic E-state index is 13.1. The number of benzene rings is 2. The van der Waals surface area contributed by atoms with E-state index in [4.69, 9.17) is 8.85 Å². The van der Waals surface area contributed by atoms with E-state index in [0.717, 1.165) is 25.3 Å². The molecule has 0 saturated carbocycles. The van der Waals surface area contributed by atoms with Gasteiger partial charge < -0.3 is 8.85 Å². The van der Waals surface area contributed by atoms with E-state index in [9.17, 15) is 16.8 Å². The summed E-state index contributed by atoms with van der Waals surface area (Å²) in [6.45, 7) is -1.17. The molecular weight excluding hydrogens is 380 g/mol. The first-order valence-corrected chi connectivity index (χ1v) is 13.6. The summed E-state index contributed by atoms with van der Waals surface area (Å²) in [5.74, 6) is 0. The summed E-state index contributed by atoms with van der Waals surface area (Å²) in [4.78, 5) is -0.298. The van der Waals surface area contributed by atoms with Crippen LogP contribution < -0.4 is 0 Å². The standard InChI is InChI=1S/C16H20O6S2Si/c1-13-5-9-15(10-6-13)23(17,18)25(21-3,22-4)24(19,20)16-11-7-14(2)8-12-16/h5-12H,1-4H3. The maximum absolute atomic E-state index is 13.1. The number of rotatable bonds is 6. The topological polar surface area (TPSA) is 86.7 Å². The second-order valence-electron chi connectivity index (χ2n) is 5.54. The zero-order valence-electron chi connectivity index (χ0n) is 14.4. The van der Waals surface area contributed by atoms with E-state index < -0.39 is 25.4 Å². The molecule has 136 valence electrons. The van der Waals surface area contributed by atoms with Crippen molar-refractivity contribution in [2.75, 3.05) is 14.2 Å². The van der Waals surface area contributed by atoms with Gasteiger partial charge in [0.25, 0.3) is 0 Å². The molecule has 0 aliphatic rings. The van der Waals surface area contributed by atoms with Crippen LogP contribution in [0.25, 0.3) is 0 Å². The third-order valence-corrected chi connectivity index (χ3v) is 19.2. The Kier molecular flexibility index (Phi) is 5.55. The summed E-state index contributed by atoms with van der Waals surface area (Å²) in [6.07, 6.45) is 0. The molecule has 2 rings (SSSR count). The smallest absolute Gasteiger partial charge is 0.376 e. The third kappa shape index (κ3) is 3.18. The average molecular weight is 401 g/mol. The highest BCUT2D eigenvalue weighted by Gasteiger charge is 2.65. The predicted molar refractivity (Wildman–Crippen MR) is 96.5 cm³/mol. The van der Waals surface area contributed by atoms with Crippen LogP contribution in [0.3, 0.4) is 0 Å². The second-order valence-corrected chi connectivity index (χ2v) is 17.5. The first-order chi connectivity index (χ1) is 11.6. The summed E-state index contributed by atoms with van der Waals surface area (Å²) < 4.78 is 62.8. The van der Waals surface area contributed by atoms with Crippen molar-refractivity contribution in [3.8, 4) is 0 Å². The van der Waals surface area contributed by atoms with E-state index >= 15 is 0 Å². The fraction of sp³-hybridized carbons (Fsp3) is 0.250. The van der Waals surface area contributed by atoms with Crippen molar-refractivity contribution in [3.63, 3.8) is 0 Å². The summed E-state index contributed by atoms with van der Waals surface area (Å²) >= 11 is 0. The predicted octanol–water partition coefficient (Wildman–Crippen LogP) is 2.28. The molecule has 2 aromatic carbocycles. The highest BCUT2D eigenvalue weighted by atomic mass is 32.6. The summed E-state index contributed by atoms with van der Waals surface area (Å²) in [5.41, 5.74) is 1.70. The van der Waals surface area contributed by atoms with Crippen LogP contribution in [-0.2, 0) is 27.4 Å². The van der Waals surface area contributed by atoms with Crippen molar-refractivity contribution < 1.29 is 25.7 Å². The van der Waals surface area contributed by atoms with E-state index in [1.807, 2.05) is 0 Å². The van der Waals surface area contributed by atoms with Crippen molar-refractivity contribution in [3.05, 3.63) is 59.7 Å². The molecule has 0 unspecified atom stereocenters. The molecule has 6 nitrogen and oxygen atoms in total. The molecule has 9 heteroatoms. The molecule has 0 aromatic heterocycles. The molecule has 2 aromatic rings. The molecule has 25 heavy (non-hydrogen) atoms. The summed E-state index contributed by atoms with van der Waals surface area (Å²) in [5, 5.41) is 0. The lowest BCUT2D eigenvalue weighted by Crippen LogP contribution is -2.56. The minimum absolute atomic E-state index is 0.149. The Morgan fingerprint density at radius 3 is 1.16 bits per heavy atom. The SMILES string of the molecule is CO[Si](OC)(S(=O)(=O)c1ccc(C)cc1)S(=O)(=O)c1ccc(C)cc1. The monoisotopic (exact) mass is 400 g/mol. The van der Waals surface area contributed by atoms with Crippen LogP contribution >= 0.6 is 0 Å². The van der Waals surface area contributed by atoms with E-state index in [0.29, 0.717) is 0 Å². The Bertz CT molecular complexity index is 867. The number of hydrogen-bond donors (Lipinski definition) is 0. The number of hydrogen-bond acceptors (Lipinski definition) is 6. The van der Waals surface area contributed by atoms with E-state index in [-0.39, 0.29) is 9.79 Å². The van der Waals surface area contributed by atoms with Crippen molar-refractivity contribution in [1.29, 1.82) is 0 Å². The van der Waals surface area contributed by atoms with Gasteiger partial charge in [-0.2, -0.15) is 0 Å². The van der Waals surface area contributed by atoms with Crippen LogP contribution in [0.2, 0.25) is 0 Å². The van der Waals surface area contributed by atoms with E-state index in [1.165, 1.54) is 24.3 Å². The normalized spacial score (nSPS) is 13.0. The lowest BCUT2D eigenvalue weighted by Gasteiger charge is -2.26. The average Bonchev–Trinajstić information content (AvgIpc) is 2.56. The fourth-order valence-electron chi connectivity index (χ4n) is 2.39. The van der Waals surface area contributed by atoms with Crippen LogP contribution in [0.4, 0.5) is 0 Å². The first-order valence-electron chi connectivity index (χ1n) is 7.35. The van der Waals surface area contributed by atoms with Gasteiger partial charge in [-0.25, -0.2) is 16.8 Å². The first kappa shape index (κ1) is 19.8. The maximum Gasteiger partial charge on any atom is 0.610 e. The van der Waals surface area contributed by atoms with Gasteiger partial charge in [-0.15, -0.1) is 0 Å². The Morgan fingerprint density at radius 1 is 0.640 bits per heavy atom. The van der Waals surface area contributed by atoms with Gasteiger partial charge in [-0.05, 0) is 38.1 Å². The van der Waals surface area contributed by atoms with Crippen molar-refractivity contribution in [2.24, 2.45) is 0 Å². The zero-order chi connectivity index (χ0) is 18.9. The van der Waals surface area contributed by atoms with Gasteiger partial charge in [0.2, 0.25) is 18.6 Å². The number of aryl methyl sites for hydroxylation is 2. The van der Waals surface area contributed by atoms with Gasteiger partial charge in [0.05, 0.1) is 9.79 Å². The van der Waals surface area contributed by atoms with Crippen molar-refractivity contribution in [1.82, 2.24) is 0 Å². The van der Waals surface area contributed by atoms with Gasteiger partial charge in [-0.3, -0.25) is 0 Å². The molecule has 0 spiro atoms. The second kappa shape index (κ2) is 7.00. The quantitative estimate of drug-likeness (QED) is 0.692. The molecule has 0 atom stereocenters. The largest absolute Gasteiger partial charge is 0.610 e. The molecule has 0 fully saturated rings. The van der Waals surface area contributed by atoms with Crippen molar-refractivity contribution in [2.45, 2.75) is 23.6 Å². The minimum Gasteiger partial charge on any atom is -0.376 e. The Balaban J connectivity index is 2.73. The van der Waals surface area contributed by atoms with Gasteiger partial charge in [-0.1, -0.05) is 35.4 Å². The van der Waals surface area contributed by atoms with Crippen molar-refractivity contribution >= 4 is 25.4 Å². The molecule has 0 N–H and O–H groups in total. The van der Waals surface area contributed by atoms with Crippen LogP contribution in [0.1, 0.15) is 11.1 Å². The molecule has 0 radical (unpaired) electrons. The fourth-order valence-corrected chi connectivity index (χ4v) is 15.7. The Hall–Kier alpha value is -1.52. The Labute approximate surface area is 148 Å². The molecular formula is C16H20O6S2Si. The molecule has 0 heterocycles. The van der Waals surface area contributed by atoms with Gasteiger partial charge >= 0.3 is 6.86 Å². The van der Waals surface area contributed by atoms with Crippen LogP contribution in [-0.4, -0.2) is 37.9 Å². The van der Waals surface area contributed by atoms with E-state index in [1.54, 1.807) is 38.1 Å². The van der Waals surface area contributed by atoms with Crippen LogP contribution in [0, 0.1) is 13.8 Å². The zero-order valence-corrected chi connectivity index (χ0v) is 17.0. The third-order valence-electron chi connectivity index (χ3n) is 3.82.